The Morgan fingerprint density at radius 2 is 2.00 bits per heavy atom. The van der Waals surface area contributed by atoms with Gasteiger partial charge >= 0.3 is 0 Å². The fraction of sp³-hybridized carbons (Fsp3) is 0.552. The number of carbonyl (C=O) groups excluding carboxylic acids is 2. The van der Waals surface area contributed by atoms with Crippen LogP contribution in [0.3, 0.4) is 0 Å². The smallest absolute Gasteiger partial charge is 0.253 e. The van der Waals surface area contributed by atoms with E-state index >= 15 is 0 Å². The van der Waals surface area contributed by atoms with Crippen molar-refractivity contribution in [3.63, 3.8) is 0 Å². The number of unbranched alkanes of at least 4 members (excludes halogenated alkanes) is 2. The molecule has 1 aromatic carbocycles. The molecule has 2 aromatic heterocycles. The summed E-state index contributed by atoms with van der Waals surface area (Å²) in [6, 6.07) is 9.32. The molecule has 3 heterocycles. The van der Waals surface area contributed by atoms with Crippen LogP contribution in [0.5, 0.6) is 5.88 Å². The Hall–Kier alpha value is -3.33. The number of ketones is 1. The van der Waals surface area contributed by atoms with Gasteiger partial charge in [-0.15, -0.1) is 10.2 Å². The number of Topliss-reactive ketones (excluding diaryl/α,β-unsaturated/α-hetero) is 1. The average Bonchev–Trinajstić information content (AvgIpc) is 3.40. The van der Waals surface area contributed by atoms with Crippen molar-refractivity contribution in [1.29, 1.82) is 0 Å². The van der Waals surface area contributed by atoms with Crippen molar-refractivity contribution in [2.75, 3.05) is 20.2 Å². The number of amides is 1. The highest BCUT2D eigenvalue weighted by Crippen LogP contribution is 2.58. The van der Waals surface area contributed by atoms with E-state index in [2.05, 4.69) is 25.8 Å². The molecule has 1 amide bonds. The molecule has 9 nitrogen and oxygen atoms in total. The van der Waals surface area contributed by atoms with Gasteiger partial charge in [0.1, 0.15) is 17.4 Å². The van der Waals surface area contributed by atoms with Crippen LogP contribution in [0, 0.1) is 11.3 Å². The van der Waals surface area contributed by atoms with E-state index in [9.17, 15) is 9.59 Å². The minimum absolute atomic E-state index is 0.0430. The maximum atomic E-state index is 13.3. The second-order valence-corrected chi connectivity index (χ2v) is 10.6. The summed E-state index contributed by atoms with van der Waals surface area (Å²) >= 11 is 0. The summed E-state index contributed by atoms with van der Waals surface area (Å²) in [5, 5.41) is 16.2. The van der Waals surface area contributed by atoms with Crippen molar-refractivity contribution < 1.29 is 18.7 Å². The highest BCUT2D eigenvalue weighted by atomic mass is 16.5. The molecule has 2 N–H and O–H groups in total. The Morgan fingerprint density at radius 1 is 1.18 bits per heavy atom. The van der Waals surface area contributed by atoms with Gasteiger partial charge in [-0.05, 0) is 62.7 Å². The van der Waals surface area contributed by atoms with E-state index in [0.29, 0.717) is 42.5 Å². The van der Waals surface area contributed by atoms with Gasteiger partial charge in [0.15, 0.2) is 0 Å². The van der Waals surface area contributed by atoms with Gasteiger partial charge < -0.3 is 19.8 Å². The van der Waals surface area contributed by atoms with Gasteiger partial charge in [0.05, 0.1) is 12.6 Å². The first-order chi connectivity index (χ1) is 18.5. The fourth-order valence-electron chi connectivity index (χ4n) is 5.64. The molecule has 0 unspecified atom stereocenters. The Balaban J connectivity index is 1.33. The largest absolute Gasteiger partial charge is 0.480 e. The lowest BCUT2D eigenvalue weighted by Gasteiger charge is -2.24. The van der Waals surface area contributed by atoms with Gasteiger partial charge in [-0.1, -0.05) is 38.0 Å². The highest BCUT2D eigenvalue weighted by Gasteiger charge is 2.57. The van der Waals surface area contributed by atoms with Crippen molar-refractivity contribution in [2.24, 2.45) is 11.3 Å². The van der Waals surface area contributed by atoms with E-state index in [-0.39, 0.29) is 29.1 Å². The summed E-state index contributed by atoms with van der Waals surface area (Å²) < 4.78 is 11.7. The first kappa shape index (κ1) is 26.3. The van der Waals surface area contributed by atoms with E-state index in [0.717, 1.165) is 62.5 Å². The predicted octanol–water partition coefficient (Wildman–Crippen LogP) is 4.77. The molecule has 1 spiro atoms. The van der Waals surface area contributed by atoms with Crippen molar-refractivity contribution in [3.8, 4) is 17.3 Å². The second kappa shape index (κ2) is 11.6. The number of para-hydroxylation sites is 1. The molecular weight excluding hydrogens is 482 g/mol. The molecule has 5 rings (SSSR count). The summed E-state index contributed by atoms with van der Waals surface area (Å²) in [5.74, 6) is 1.50. The molecule has 1 aliphatic heterocycles. The maximum absolute atomic E-state index is 13.3. The SMILES string of the molecule is CCC(=O)CCCCC[C@H](NC(=O)[C@H]1CC12CCNCC2)c1nnc(-c2cc3ccccc3nc2OC)o1. The molecular formula is C29H37N5O4. The summed E-state index contributed by atoms with van der Waals surface area (Å²) in [6.45, 7) is 3.84. The number of fused-ring (bicyclic) bond motifs is 1. The quantitative estimate of drug-likeness (QED) is 0.329. The third-order valence-corrected chi connectivity index (χ3v) is 8.12. The van der Waals surface area contributed by atoms with E-state index in [1.807, 2.05) is 37.3 Å². The van der Waals surface area contributed by atoms with Crippen molar-refractivity contribution >= 4 is 22.6 Å². The van der Waals surface area contributed by atoms with E-state index < -0.39 is 0 Å². The van der Waals surface area contributed by atoms with E-state index in [1.54, 1.807) is 7.11 Å². The molecule has 1 saturated carbocycles. The third kappa shape index (κ3) is 5.72. The zero-order valence-corrected chi connectivity index (χ0v) is 22.3. The zero-order chi connectivity index (χ0) is 26.5. The van der Waals surface area contributed by atoms with Crippen LogP contribution in [0.1, 0.15) is 76.6 Å². The molecule has 202 valence electrons. The molecule has 2 fully saturated rings. The van der Waals surface area contributed by atoms with Gasteiger partial charge in [0, 0.05) is 24.1 Å². The van der Waals surface area contributed by atoms with Crippen molar-refractivity contribution in [2.45, 2.75) is 70.8 Å². The minimum atomic E-state index is -0.385. The number of piperidine rings is 1. The Kier molecular flexibility index (Phi) is 8.02. The summed E-state index contributed by atoms with van der Waals surface area (Å²) in [6.07, 6.45) is 7.48. The number of carbonyl (C=O) groups is 2. The lowest BCUT2D eigenvalue weighted by Crippen LogP contribution is -2.35. The van der Waals surface area contributed by atoms with Gasteiger partial charge in [-0.25, -0.2) is 4.98 Å². The fourth-order valence-corrected chi connectivity index (χ4v) is 5.64. The van der Waals surface area contributed by atoms with Gasteiger partial charge in [-0.3, -0.25) is 9.59 Å². The number of nitrogens with one attached hydrogen (secondary N) is 2. The Morgan fingerprint density at radius 3 is 2.79 bits per heavy atom. The number of pyridine rings is 1. The second-order valence-electron chi connectivity index (χ2n) is 10.6. The summed E-state index contributed by atoms with van der Waals surface area (Å²) in [4.78, 5) is 29.6. The lowest BCUT2D eigenvalue weighted by molar-refractivity contribution is -0.124. The lowest BCUT2D eigenvalue weighted by atomic mass is 9.91. The summed E-state index contributed by atoms with van der Waals surface area (Å²) in [7, 11) is 1.57. The normalized spacial score (nSPS) is 18.8. The number of benzene rings is 1. The van der Waals surface area contributed by atoms with Gasteiger partial charge in [0.25, 0.3) is 5.89 Å². The maximum Gasteiger partial charge on any atom is 0.253 e. The summed E-state index contributed by atoms with van der Waals surface area (Å²) in [5.41, 5.74) is 1.57. The van der Waals surface area contributed by atoms with Crippen molar-refractivity contribution in [1.82, 2.24) is 25.8 Å². The van der Waals surface area contributed by atoms with Crippen LogP contribution in [0.15, 0.2) is 34.7 Å². The first-order valence-corrected chi connectivity index (χ1v) is 13.8. The van der Waals surface area contributed by atoms with Gasteiger partial charge in [-0.2, -0.15) is 0 Å². The molecule has 3 aromatic rings. The topological polar surface area (TPSA) is 119 Å². The molecule has 38 heavy (non-hydrogen) atoms. The zero-order valence-electron chi connectivity index (χ0n) is 22.3. The number of methoxy groups -OCH3 is 1. The van der Waals surface area contributed by atoms with Crippen LogP contribution in [0.25, 0.3) is 22.4 Å². The standard InChI is InChI=1S/C29H37N5O4/c1-3-20(35)10-5-4-6-12-24(31-25(36)22-18-29(22)13-15-30-16-14-29)28-34-33-27(38-28)21-17-19-9-7-8-11-23(19)32-26(21)37-2/h7-9,11,17,22,24,30H,3-6,10,12-16,18H2,1-2H3,(H,31,36)/t22-,24+/m1/s1. The van der Waals surface area contributed by atoms with Crippen LogP contribution in [0.2, 0.25) is 0 Å². The molecule has 0 radical (unpaired) electrons. The van der Waals surface area contributed by atoms with Crippen LogP contribution < -0.4 is 15.4 Å². The molecule has 2 aliphatic rings. The monoisotopic (exact) mass is 519 g/mol. The number of hydrogen-bond donors (Lipinski definition) is 2. The van der Waals surface area contributed by atoms with E-state index in [4.69, 9.17) is 9.15 Å². The molecule has 0 bridgehead atoms. The number of aromatic nitrogens is 3. The van der Waals surface area contributed by atoms with Crippen molar-refractivity contribution in [3.05, 3.63) is 36.2 Å². The Bertz CT molecular complexity index is 1280. The first-order valence-electron chi connectivity index (χ1n) is 13.8. The Labute approximate surface area is 223 Å². The number of ether oxygens (including phenoxy) is 1. The number of rotatable bonds is 12. The van der Waals surface area contributed by atoms with Crippen LogP contribution in [-0.2, 0) is 9.59 Å². The molecule has 9 heteroatoms. The number of hydrogen-bond acceptors (Lipinski definition) is 8. The minimum Gasteiger partial charge on any atom is -0.480 e. The molecule has 1 saturated heterocycles. The number of nitrogens with zero attached hydrogens (tertiary/aromatic N) is 3. The van der Waals surface area contributed by atoms with Crippen LogP contribution in [-0.4, -0.2) is 47.1 Å². The van der Waals surface area contributed by atoms with E-state index in [1.165, 1.54) is 0 Å². The third-order valence-electron chi connectivity index (χ3n) is 8.12. The predicted molar refractivity (Wildman–Crippen MR) is 143 cm³/mol. The molecule has 2 atom stereocenters. The van der Waals surface area contributed by atoms with Crippen LogP contribution in [0.4, 0.5) is 0 Å². The van der Waals surface area contributed by atoms with Crippen LogP contribution >= 0.6 is 0 Å². The van der Waals surface area contributed by atoms with Gasteiger partial charge in [0.2, 0.25) is 17.7 Å². The average molecular weight is 520 g/mol. The molecule has 1 aliphatic carbocycles. The highest BCUT2D eigenvalue weighted by molar-refractivity contribution is 5.85.